The Kier molecular flexibility index (Phi) is 2.44. The highest BCUT2D eigenvalue weighted by Crippen LogP contribution is 2.36. The van der Waals surface area contributed by atoms with Gasteiger partial charge < -0.3 is 10.1 Å². The van der Waals surface area contributed by atoms with Crippen LogP contribution in [0.2, 0.25) is 0 Å². The summed E-state index contributed by atoms with van der Waals surface area (Å²) in [4.78, 5) is 25.1. The topological polar surface area (TPSA) is 70.2 Å². The fraction of sp³-hybridized carbons (Fsp3) is 0.286. The number of hydrogen-bond acceptors (Lipinski definition) is 2. The van der Waals surface area contributed by atoms with Crippen LogP contribution in [0.15, 0.2) is 29.1 Å². The van der Waals surface area contributed by atoms with E-state index in [1.54, 1.807) is 0 Å². The monoisotopic (exact) mass is 243 g/mol. The lowest BCUT2D eigenvalue weighted by Gasteiger charge is -2.25. The molecule has 1 aromatic heterocycles. The molecule has 0 saturated heterocycles. The molecule has 1 heterocycles. The van der Waals surface area contributed by atoms with Gasteiger partial charge in [-0.25, -0.2) is 4.79 Å². The number of H-pyrrole nitrogens is 1. The van der Waals surface area contributed by atoms with Gasteiger partial charge in [-0.2, -0.15) is 0 Å². The van der Waals surface area contributed by atoms with E-state index in [4.69, 9.17) is 5.11 Å². The predicted octanol–water partition coefficient (Wildman–Crippen LogP) is 2.49. The van der Waals surface area contributed by atoms with Crippen molar-refractivity contribution in [3.8, 4) is 0 Å². The van der Waals surface area contributed by atoms with E-state index in [0.29, 0.717) is 5.92 Å². The van der Waals surface area contributed by atoms with Crippen LogP contribution in [-0.2, 0) is 0 Å². The predicted molar refractivity (Wildman–Crippen MR) is 68.1 cm³/mol. The minimum absolute atomic E-state index is 0.209. The molecule has 92 valence electrons. The van der Waals surface area contributed by atoms with Crippen LogP contribution in [0.4, 0.5) is 0 Å². The molecule has 18 heavy (non-hydrogen) atoms. The van der Waals surface area contributed by atoms with Gasteiger partial charge in [-0.05, 0) is 41.8 Å². The van der Waals surface area contributed by atoms with Gasteiger partial charge in [0.25, 0.3) is 5.56 Å². The second-order valence-electron chi connectivity index (χ2n) is 4.79. The summed E-state index contributed by atoms with van der Waals surface area (Å²) in [5.41, 5.74) is 1.20. The Morgan fingerprint density at radius 1 is 1.28 bits per heavy atom. The van der Waals surface area contributed by atoms with Crippen molar-refractivity contribution in [2.75, 3.05) is 0 Å². The smallest absolute Gasteiger partial charge is 0.341 e. The maximum atomic E-state index is 11.6. The molecule has 0 amide bonds. The van der Waals surface area contributed by atoms with Gasteiger partial charge in [-0.1, -0.05) is 18.6 Å². The highest BCUT2D eigenvalue weighted by atomic mass is 16.4. The van der Waals surface area contributed by atoms with Crippen molar-refractivity contribution < 1.29 is 9.90 Å². The molecule has 0 spiro atoms. The van der Waals surface area contributed by atoms with Crippen LogP contribution in [0.1, 0.15) is 41.1 Å². The molecule has 1 fully saturated rings. The molecule has 3 rings (SSSR count). The highest BCUT2D eigenvalue weighted by Gasteiger charge is 2.20. The number of benzene rings is 1. The van der Waals surface area contributed by atoms with Gasteiger partial charge in [0.1, 0.15) is 5.56 Å². The third kappa shape index (κ3) is 1.70. The van der Waals surface area contributed by atoms with Crippen LogP contribution in [0.3, 0.4) is 0 Å². The summed E-state index contributed by atoms with van der Waals surface area (Å²) in [5, 5.41) is 9.65. The van der Waals surface area contributed by atoms with Crippen LogP contribution in [0, 0.1) is 0 Å². The Hall–Kier alpha value is -2.10. The molecule has 4 nitrogen and oxygen atoms in total. The molecular weight excluding hydrogens is 230 g/mol. The zero-order valence-corrected chi connectivity index (χ0v) is 9.77. The molecule has 4 heteroatoms. The number of aromatic carboxylic acids is 1. The van der Waals surface area contributed by atoms with Gasteiger partial charge in [0.2, 0.25) is 0 Å². The molecule has 0 bridgehead atoms. The fourth-order valence-corrected chi connectivity index (χ4v) is 2.37. The Bertz CT molecular complexity index is 683. The number of carboxylic acid groups (broad SMARTS) is 1. The second kappa shape index (κ2) is 3.98. The van der Waals surface area contributed by atoms with Crippen molar-refractivity contribution in [1.82, 2.24) is 4.98 Å². The lowest BCUT2D eigenvalue weighted by atomic mass is 9.80. The van der Waals surface area contributed by atoms with Gasteiger partial charge in [0.05, 0.1) is 0 Å². The van der Waals surface area contributed by atoms with Gasteiger partial charge in [-0.3, -0.25) is 4.79 Å². The Balaban J connectivity index is 2.14. The number of pyridine rings is 1. The highest BCUT2D eigenvalue weighted by molar-refractivity contribution is 5.92. The molecule has 0 radical (unpaired) electrons. The molecule has 1 aromatic carbocycles. The van der Waals surface area contributed by atoms with Crippen molar-refractivity contribution in [2.45, 2.75) is 25.2 Å². The number of rotatable bonds is 2. The number of hydrogen-bond donors (Lipinski definition) is 2. The third-order valence-corrected chi connectivity index (χ3v) is 3.68. The molecule has 0 aliphatic heterocycles. The van der Waals surface area contributed by atoms with E-state index >= 15 is 0 Å². The van der Waals surface area contributed by atoms with Crippen molar-refractivity contribution in [3.05, 3.63) is 45.7 Å². The molecule has 0 unspecified atom stereocenters. The van der Waals surface area contributed by atoms with Gasteiger partial charge in [-0.15, -0.1) is 0 Å². The van der Waals surface area contributed by atoms with Gasteiger partial charge in [0.15, 0.2) is 0 Å². The summed E-state index contributed by atoms with van der Waals surface area (Å²) in [6.07, 6.45) is 3.66. The first-order valence-electron chi connectivity index (χ1n) is 6.05. The van der Waals surface area contributed by atoms with Crippen LogP contribution >= 0.6 is 0 Å². The van der Waals surface area contributed by atoms with Crippen LogP contribution in [0.5, 0.6) is 0 Å². The molecule has 0 atom stereocenters. The first kappa shape index (κ1) is 11.0. The minimum Gasteiger partial charge on any atom is -0.477 e. The van der Waals surface area contributed by atoms with E-state index in [1.807, 2.05) is 18.2 Å². The SMILES string of the molecule is O=C(O)c1cc2ccc(C3CCC3)cc2[nH]c1=O. The van der Waals surface area contributed by atoms with Gasteiger partial charge >= 0.3 is 5.97 Å². The summed E-state index contributed by atoms with van der Waals surface area (Å²) < 4.78 is 0. The Labute approximate surface area is 103 Å². The lowest BCUT2D eigenvalue weighted by Crippen LogP contribution is -2.17. The summed E-state index contributed by atoms with van der Waals surface area (Å²) >= 11 is 0. The number of fused-ring (bicyclic) bond motifs is 1. The molecule has 1 aliphatic carbocycles. The maximum Gasteiger partial charge on any atom is 0.341 e. The zero-order chi connectivity index (χ0) is 12.7. The third-order valence-electron chi connectivity index (χ3n) is 3.68. The Morgan fingerprint density at radius 2 is 2.06 bits per heavy atom. The normalized spacial score (nSPS) is 15.6. The average molecular weight is 243 g/mol. The average Bonchev–Trinajstić information content (AvgIpc) is 2.25. The lowest BCUT2D eigenvalue weighted by molar-refractivity contribution is 0.0695. The maximum absolute atomic E-state index is 11.6. The van der Waals surface area contributed by atoms with E-state index in [0.717, 1.165) is 10.9 Å². The fourth-order valence-electron chi connectivity index (χ4n) is 2.37. The van der Waals surface area contributed by atoms with E-state index in [9.17, 15) is 9.59 Å². The minimum atomic E-state index is -1.19. The van der Waals surface area contributed by atoms with E-state index in [-0.39, 0.29) is 5.56 Å². The number of nitrogens with one attached hydrogen (secondary N) is 1. The summed E-state index contributed by atoms with van der Waals surface area (Å²) in [6, 6.07) is 7.30. The van der Waals surface area contributed by atoms with Gasteiger partial charge in [0, 0.05) is 5.52 Å². The van der Waals surface area contributed by atoms with Crippen LogP contribution in [-0.4, -0.2) is 16.1 Å². The first-order chi connectivity index (χ1) is 8.65. The second-order valence-corrected chi connectivity index (χ2v) is 4.79. The van der Waals surface area contributed by atoms with Crippen molar-refractivity contribution >= 4 is 16.9 Å². The molecule has 1 aliphatic rings. The standard InChI is InChI=1S/C14H13NO3/c16-13-11(14(17)18)6-10-5-4-9(7-12(10)15-13)8-2-1-3-8/h4-8H,1-3H2,(H,15,16)(H,17,18). The quantitative estimate of drug-likeness (QED) is 0.851. The summed E-state index contributed by atoms with van der Waals surface area (Å²) in [7, 11) is 0. The zero-order valence-electron chi connectivity index (χ0n) is 9.77. The van der Waals surface area contributed by atoms with Crippen LogP contribution in [0.25, 0.3) is 10.9 Å². The molecular formula is C14H13NO3. The van der Waals surface area contributed by atoms with E-state index < -0.39 is 11.5 Å². The molecule has 2 N–H and O–H groups in total. The van der Waals surface area contributed by atoms with Crippen molar-refractivity contribution in [1.29, 1.82) is 0 Å². The van der Waals surface area contributed by atoms with Crippen molar-refractivity contribution in [2.24, 2.45) is 0 Å². The van der Waals surface area contributed by atoms with Crippen LogP contribution < -0.4 is 5.56 Å². The number of aromatic amines is 1. The first-order valence-corrected chi connectivity index (χ1v) is 6.05. The molecule has 1 saturated carbocycles. The van der Waals surface area contributed by atoms with E-state index in [2.05, 4.69) is 4.98 Å². The number of carbonyl (C=O) groups is 1. The van der Waals surface area contributed by atoms with E-state index in [1.165, 1.54) is 30.9 Å². The molecule has 2 aromatic rings. The largest absolute Gasteiger partial charge is 0.477 e. The number of aromatic nitrogens is 1. The van der Waals surface area contributed by atoms with Crippen molar-refractivity contribution in [3.63, 3.8) is 0 Å². The Morgan fingerprint density at radius 3 is 2.67 bits per heavy atom. The number of carboxylic acids is 1. The summed E-state index contributed by atoms with van der Waals surface area (Å²) in [5.74, 6) is -0.599. The summed E-state index contributed by atoms with van der Waals surface area (Å²) in [6.45, 7) is 0.